The predicted molar refractivity (Wildman–Crippen MR) is 84.2 cm³/mol. The lowest BCUT2D eigenvalue weighted by Gasteiger charge is -2.17. The van der Waals surface area contributed by atoms with Crippen LogP contribution in [0.4, 0.5) is 0 Å². The zero-order valence-electron chi connectivity index (χ0n) is 13.4. The number of nitrogens with zero attached hydrogens (tertiary/aromatic N) is 2. The molecule has 1 aliphatic heterocycles. The van der Waals surface area contributed by atoms with Gasteiger partial charge in [-0.25, -0.2) is 12.7 Å². The zero-order chi connectivity index (χ0) is 18.1. The molecule has 0 aromatic heterocycles. The maximum absolute atomic E-state index is 12.3. The maximum Gasteiger partial charge on any atom is 0.303 e. The van der Waals surface area contributed by atoms with Crippen molar-refractivity contribution in [1.82, 2.24) is 9.21 Å². The molecule has 1 aliphatic rings. The Morgan fingerprint density at radius 2 is 1.96 bits per heavy atom. The molecule has 0 unspecified atom stereocenters. The Labute approximate surface area is 139 Å². The van der Waals surface area contributed by atoms with E-state index in [9.17, 15) is 22.8 Å². The number of carboxylic acids is 1. The van der Waals surface area contributed by atoms with Gasteiger partial charge in [0.25, 0.3) is 21.8 Å². The van der Waals surface area contributed by atoms with Gasteiger partial charge < -0.3 is 10.0 Å². The molecule has 2 amide bonds. The van der Waals surface area contributed by atoms with Gasteiger partial charge in [0, 0.05) is 32.1 Å². The number of rotatable bonds is 6. The molecule has 0 saturated heterocycles. The zero-order valence-corrected chi connectivity index (χ0v) is 14.2. The number of carbonyl (C=O) groups excluding carboxylic acids is 2. The summed E-state index contributed by atoms with van der Waals surface area (Å²) in [6.07, 6.45) is 0.235. The van der Waals surface area contributed by atoms with E-state index < -0.39 is 27.8 Å². The summed E-state index contributed by atoms with van der Waals surface area (Å²) in [5.74, 6) is -1.97. The fourth-order valence-corrected chi connectivity index (χ4v) is 4.11. The van der Waals surface area contributed by atoms with Gasteiger partial charge in [-0.05, 0) is 31.5 Å². The second-order valence-electron chi connectivity index (χ2n) is 5.41. The van der Waals surface area contributed by atoms with Crippen LogP contribution in [0.25, 0.3) is 0 Å². The minimum Gasteiger partial charge on any atom is -0.481 e. The first-order valence-corrected chi connectivity index (χ1v) is 8.82. The molecule has 0 saturated carbocycles. The molecule has 0 radical (unpaired) electrons. The number of hydrogen-bond donors (Lipinski definition) is 1. The van der Waals surface area contributed by atoms with Crippen molar-refractivity contribution in [1.29, 1.82) is 0 Å². The standard InChI is InChI=1S/C15H18N2O6S/c1-3-17-15(21)11-7-6-10(9-12(11)24(17,22)23)14(20)16(2)8-4-5-13(18)19/h6-7,9H,3-5,8H2,1-2H3,(H,18,19). The summed E-state index contributed by atoms with van der Waals surface area (Å²) in [5.41, 5.74) is 0.197. The van der Waals surface area contributed by atoms with Crippen molar-refractivity contribution >= 4 is 27.8 Å². The maximum atomic E-state index is 12.3. The highest BCUT2D eigenvalue weighted by molar-refractivity contribution is 7.90. The fraction of sp³-hybridized carbons (Fsp3) is 0.400. The molecule has 130 valence electrons. The van der Waals surface area contributed by atoms with Crippen molar-refractivity contribution in [2.75, 3.05) is 20.1 Å². The van der Waals surface area contributed by atoms with Gasteiger partial charge in [-0.1, -0.05) is 0 Å². The van der Waals surface area contributed by atoms with Gasteiger partial charge in [-0.2, -0.15) is 0 Å². The third-order valence-corrected chi connectivity index (χ3v) is 5.67. The SMILES string of the molecule is CCN1C(=O)c2ccc(C(=O)N(C)CCCC(=O)O)cc2S1(=O)=O. The fourth-order valence-electron chi connectivity index (χ4n) is 2.51. The van der Waals surface area contributed by atoms with Crippen molar-refractivity contribution in [2.24, 2.45) is 0 Å². The van der Waals surface area contributed by atoms with Gasteiger partial charge in [-0.15, -0.1) is 0 Å². The Kier molecular flexibility index (Phi) is 4.93. The number of aliphatic carboxylic acids is 1. The predicted octanol–water partition coefficient (Wildman–Crippen LogP) is 0.788. The van der Waals surface area contributed by atoms with E-state index in [1.54, 1.807) is 6.92 Å². The summed E-state index contributed by atoms with van der Waals surface area (Å²) in [6.45, 7) is 1.81. The highest BCUT2D eigenvalue weighted by Gasteiger charge is 2.40. The van der Waals surface area contributed by atoms with E-state index in [1.165, 1.54) is 30.1 Å². The molecule has 9 heteroatoms. The lowest BCUT2D eigenvalue weighted by Crippen LogP contribution is -2.29. The van der Waals surface area contributed by atoms with Crippen molar-refractivity contribution in [3.05, 3.63) is 29.3 Å². The van der Waals surface area contributed by atoms with Crippen LogP contribution in [0.1, 0.15) is 40.5 Å². The number of fused-ring (bicyclic) bond motifs is 1. The highest BCUT2D eigenvalue weighted by Crippen LogP contribution is 2.31. The van der Waals surface area contributed by atoms with E-state index in [4.69, 9.17) is 5.11 Å². The van der Waals surface area contributed by atoms with Crippen LogP contribution in [0, 0.1) is 0 Å². The number of carboxylic acid groups (broad SMARTS) is 1. The van der Waals surface area contributed by atoms with Crippen LogP contribution in [0.5, 0.6) is 0 Å². The molecule has 1 N–H and O–H groups in total. The second-order valence-corrected chi connectivity index (χ2v) is 7.24. The van der Waals surface area contributed by atoms with E-state index in [1.807, 2.05) is 0 Å². The van der Waals surface area contributed by atoms with Crippen molar-refractivity contribution in [3.8, 4) is 0 Å². The molecule has 0 aliphatic carbocycles. The van der Waals surface area contributed by atoms with Crippen LogP contribution < -0.4 is 0 Å². The summed E-state index contributed by atoms with van der Waals surface area (Å²) < 4.78 is 25.4. The minimum atomic E-state index is -3.92. The third kappa shape index (κ3) is 3.12. The van der Waals surface area contributed by atoms with Gasteiger partial charge in [0.2, 0.25) is 0 Å². The van der Waals surface area contributed by atoms with Crippen LogP contribution in [0.2, 0.25) is 0 Å². The molecule has 0 fully saturated rings. The van der Waals surface area contributed by atoms with Crippen LogP contribution in [-0.4, -0.2) is 60.7 Å². The molecule has 0 atom stereocenters. The molecule has 1 heterocycles. The summed E-state index contributed by atoms with van der Waals surface area (Å²) in [4.78, 5) is 36.1. The molecular weight excluding hydrogens is 336 g/mol. The van der Waals surface area contributed by atoms with Crippen LogP contribution >= 0.6 is 0 Å². The van der Waals surface area contributed by atoms with Crippen LogP contribution in [0.15, 0.2) is 23.1 Å². The molecular formula is C15H18N2O6S. The Bertz CT molecular complexity index is 802. The normalized spacial score (nSPS) is 15.2. The summed E-state index contributed by atoms with van der Waals surface area (Å²) in [7, 11) is -2.41. The molecule has 0 spiro atoms. The molecule has 2 rings (SSSR count). The summed E-state index contributed by atoms with van der Waals surface area (Å²) >= 11 is 0. The van der Waals surface area contributed by atoms with Gasteiger partial charge in [0.1, 0.15) is 4.90 Å². The molecule has 1 aromatic rings. The van der Waals surface area contributed by atoms with Crippen LogP contribution in [0.3, 0.4) is 0 Å². The second kappa shape index (κ2) is 6.60. The monoisotopic (exact) mass is 354 g/mol. The van der Waals surface area contributed by atoms with Gasteiger partial charge in [0.05, 0.1) is 5.56 Å². The van der Waals surface area contributed by atoms with Crippen molar-refractivity contribution in [3.63, 3.8) is 0 Å². The van der Waals surface area contributed by atoms with Crippen LogP contribution in [-0.2, 0) is 14.8 Å². The molecule has 1 aromatic carbocycles. The number of sulfonamides is 1. The van der Waals surface area contributed by atoms with Gasteiger partial charge >= 0.3 is 5.97 Å². The van der Waals surface area contributed by atoms with Gasteiger partial charge in [0.15, 0.2) is 0 Å². The molecule has 0 bridgehead atoms. The van der Waals surface area contributed by atoms with Crippen molar-refractivity contribution < 1.29 is 27.9 Å². The van der Waals surface area contributed by atoms with E-state index in [-0.39, 0.29) is 35.5 Å². The molecule has 24 heavy (non-hydrogen) atoms. The minimum absolute atomic E-state index is 0.0220. The molecule has 8 nitrogen and oxygen atoms in total. The first-order chi connectivity index (χ1) is 11.2. The van der Waals surface area contributed by atoms with E-state index in [2.05, 4.69) is 0 Å². The average Bonchev–Trinajstić information content (AvgIpc) is 2.72. The van der Waals surface area contributed by atoms with Gasteiger partial charge in [-0.3, -0.25) is 14.4 Å². The lowest BCUT2D eigenvalue weighted by molar-refractivity contribution is -0.137. The summed E-state index contributed by atoms with van der Waals surface area (Å²) in [5, 5.41) is 8.61. The lowest BCUT2D eigenvalue weighted by atomic mass is 10.1. The smallest absolute Gasteiger partial charge is 0.303 e. The Balaban J connectivity index is 2.25. The van der Waals surface area contributed by atoms with Crippen molar-refractivity contribution in [2.45, 2.75) is 24.7 Å². The Morgan fingerprint density at radius 3 is 2.54 bits per heavy atom. The Morgan fingerprint density at radius 1 is 1.29 bits per heavy atom. The highest BCUT2D eigenvalue weighted by atomic mass is 32.2. The number of carbonyl (C=O) groups is 3. The Hall–Kier alpha value is -2.42. The van der Waals surface area contributed by atoms with E-state index in [0.29, 0.717) is 6.42 Å². The van der Waals surface area contributed by atoms with E-state index in [0.717, 1.165) is 4.31 Å². The average molecular weight is 354 g/mol. The number of amides is 2. The number of hydrogen-bond acceptors (Lipinski definition) is 5. The largest absolute Gasteiger partial charge is 0.481 e. The summed E-state index contributed by atoms with van der Waals surface area (Å²) in [6, 6.07) is 3.94. The first-order valence-electron chi connectivity index (χ1n) is 7.38. The number of benzene rings is 1. The van der Waals surface area contributed by atoms with E-state index >= 15 is 0 Å². The quantitative estimate of drug-likeness (QED) is 0.808. The first kappa shape index (κ1) is 17.9. The topological polar surface area (TPSA) is 112 Å². The third-order valence-electron chi connectivity index (χ3n) is 3.77.